The van der Waals surface area contributed by atoms with E-state index in [9.17, 15) is 9.18 Å². The Kier molecular flexibility index (Phi) is 5.65. The molecule has 1 saturated heterocycles. The minimum atomic E-state index is -0.279. The molecule has 2 N–H and O–H groups in total. The van der Waals surface area contributed by atoms with Gasteiger partial charge in [0.05, 0.1) is 17.9 Å². The first-order valence-electron chi connectivity index (χ1n) is 8.61. The van der Waals surface area contributed by atoms with Crippen LogP contribution in [0.1, 0.15) is 18.5 Å². The number of hydrogen-bond donors (Lipinski definition) is 2. The Morgan fingerprint density at radius 2 is 2.08 bits per heavy atom. The van der Waals surface area contributed by atoms with E-state index in [0.717, 1.165) is 30.9 Å². The van der Waals surface area contributed by atoms with Crippen LogP contribution in [0.2, 0.25) is 0 Å². The van der Waals surface area contributed by atoms with Gasteiger partial charge in [-0.15, -0.1) is 0 Å². The molecule has 2 amide bonds. The van der Waals surface area contributed by atoms with Crippen LogP contribution >= 0.6 is 0 Å². The summed E-state index contributed by atoms with van der Waals surface area (Å²) in [7, 11) is 2.11. The Bertz CT molecular complexity index is 700. The Labute approximate surface area is 147 Å². The SMILES string of the molecule is CN1CCC[C@H](CNC(=O)NCc2ccn(-c3ccc(F)cc3)n2)C1. The first-order chi connectivity index (χ1) is 12.1. The fourth-order valence-electron chi connectivity index (χ4n) is 3.10. The number of piperidine rings is 1. The smallest absolute Gasteiger partial charge is 0.315 e. The van der Waals surface area contributed by atoms with Crippen molar-refractivity contribution in [2.45, 2.75) is 19.4 Å². The number of nitrogens with one attached hydrogen (secondary N) is 2. The summed E-state index contributed by atoms with van der Waals surface area (Å²) in [5, 5.41) is 10.1. The minimum Gasteiger partial charge on any atom is -0.338 e. The average molecular weight is 345 g/mol. The number of amides is 2. The van der Waals surface area contributed by atoms with Crippen LogP contribution in [-0.2, 0) is 6.54 Å². The lowest BCUT2D eigenvalue weighted by atomic mass is 9.99. The van der Waals surface area contributed by atoms with Crippen molar-refractivity contribution in [2.24, 2.45) is 5.92 Å². The number of urea groups is 1. The van der Waals surface area contributed by atoms with Gasteiger partial charge in [-0.05, 0) is 62.7 Å². The van der Waals surface area contributed by atoms with Crippen molar-refractivity contribution in [3.63, 3.8) is 0 Å². The zero-order valence-corrected chi connectivity index (χ0v) is 14.4. The van der Waals surface area contributed by atoms with E-state index in [-0.39, 0.29) is 11.8 Å². The van der Waals surface area contributed by atoms with E-state index in [1.807, 2.05) is 6.07 Å². The third-order valence-electron chi connectivity index (χ3n) is 4.44. The molecule has 0 radical (unpaired) electrons. The highest BCUT2D eigenvalue weighted by Crippen LogP contribution is 2.13. The van der Waals surface area contributed by atoms with Gasteiger partial charge in [0.15, 0.2) is 0 Å². The molecule has 0 spiro atoms. The lowest BCUT2D eigenvalue weighted by Crippen LogP contribution is -2.42. The maximum absolute atomic E-state index is 13.0. The highest BCUT2D eigenvalue weighted by Gasteiger charge is 2.17. The van der Waals surface area contributed by atoms with E-state index in [2.05, 4.69) is 27.7 Å². The zero-order valence-electron chi connectivity index (χ0n) is 14.4. The van der Waals surface area contributed by atoms with E-state index in [0.29, 0.717) is 19.0 Å². The summed E-state index contributed by atoms with van der Waals surface area (Å²) in [6, 6.07) is 7.76. The molecule has 1 aliphatic rings. The number of rotatable bonds is 5. The van der Waals surface area contributed by atoms with Gasteiger partial charge < -0.3 is 15.5 Å². The molecule has 0 saturated carbocycles. The summed E-state index contributed by atoms with van der Waals surface area (Å²) >= 11 is 0. The third-order valence-corrected chi connectivity index (χ3v) is 4.44. The van der Waals surface area contributed by atoms with Crippen molar-refractivity contribution in [1.82, 2.24) is 25.3 Å². The molecule has 0 aliphatic carbocycles. The average Bonchev–Trinajstić information content (AvgIpc) is 3.08. The molecular weight excluding hydrogens is 321 g/mol. The number of likely N-dealkylation sites (tertiary alicyclic amines) is 1. The largest absolute Gasteiger partial charge is 0.338 e. The van der Waals surface area contributed by atoms with Gasteiger partial charge in [0, 0.05) is 19.3 Å². The molecule has 134 valence electrons. The molecule has 1 atom stereocenters. The van der Waals surface area contributed by atoms with Gasteiger partial charge in [-0.1, -0.05) is 0 Å². The number of aromatic nitrogens is 2. The van der Waals surface area contributed by atoms with Crippen LogP contribution in [0.25, 0.3) is 5.69 Å². The summed E-state index contributed by atoms with van der Waals surface area (Å²) in [6.07, 6.45) is 4.14. The number of carbonyl (C=O) groups excluding carboxylic acids is 1. The van der Waals surface area contributed by atoms with E-state index in [1.54, 1.807) is 23.0 Å². The van der Waals surface area contributed by atoms with Crippen LogP contribution in [0, 0.1) is 11.7 Å². The molecule has 2 aromatic rings. The lowest BCUT2D eigenvalue weighted by Gasteiger charge is -2.29. The second kappa shape index (κ2) is 8.11. The van der Waals surface area contributed by atoms with Crippen LogP contribution < -0.4 is 10.6 Å². The van der Waals surface area contributed by atoms with Crippen molar-refractivity contribution in [2.75, 3.05) is 26.7 Å². The van der Waals surface area contributed by atoms with Crippen molar-refractivity contribution in [1.29, 1.82) is 0 Å². The van der Waals surface area contributed by atoms with Crippen LogP contribution in [-0.4, -0.2) is 47.4 Å². The Morgan fingerprint density at radius 3 is 2.84 bits per heavy atom. The standard InChI is InChI=1S/C18H24FN5O/c1-23-9-2-3-14(13-23)11-20-18(25)21-12-16-8-10-24(22-16)17-6-4-15(19)5-7-17/h4-8,10,14H,2-3,9,11-13H2,1H3,(H2,20,21,25)/t14-/m1/s1. The highest BCUT2D eigenvalue weighted by atomic mass is 19.1. The molecule has 2 heterocycles. The van der Waals surface area contributed by atoms with E-state index >= 15 is 0 Å². The number of carbonyl (C=O) groups is 1. The zero-order chi connectivity index (χ0) is 17.6. The van der Waals surface area contributed by atoms with Gasteiger partial charge in [-0.3, -0.25) is 0 Å². The van der Waals surface area contributed by atoms with Crippen LogP contribution in [0.5, 0.6) is 0 Å². The first kappa shape index (κ1) is 17.4. The predicted molar refractivity (Wildman–Crippen MR) is 94.0 cm³/mol. The maximum atomic E-state index is 13.0. The Balaban J connectivity index is 1.44. The van der Waals surface area contributed by atoms with E-state index in [4.69, 9.17) is 0 Å². The molecule has 1 fully saturated rings. The second-order valence-electron chi connectivity index (χ2n) is 6.56. The molecule has 1 aromatic carbocycles. The normalized spacial score (nSPS) is 18.1. The number of halogens is 1. The summed E-state index contributed by atoms with van der Waals surface area (Å²) in [6.45, 7) is 3.21. The molecule has 1 aromatic heterocycles. The molecule has 7 heteroatoms. The van der Waals surface area contributed by atoms with Crippen molar-refractivity contribution in [3.05, 3.63) is 48.0 Å². The first-order valence-corrected chi connectivity index (χ1v) is 8.61. The molecular formula is C18H24FN5O. The minimum absolute atomic E-state index is 0.176. The quantitative estimate of drug-likeness (QED) is 0.873. The Hall–Kier alpha value is -2.41. The number of hydrogen-bond acceptors (Lipinski definition) is 3. The predicted octanol–water partition coefficient (Wildman–Crippen LogP) is 2.15. The van der Waals surface area contributed by atoms with Gasteiger partial charge >= 0.3 is 6.03 Å². The summed E-state index contributed by atoms with van der Waals surface area (Å²) in [5.74, 6) is 0.237. The maximum Gasteiger partial charge on any atom is 0.315 e. The summed E-state index contributed by atoms with van der Waals surface area (Å²) in [5.41, 5.74) is 1.52. The molecule has 0 bridgehead atoms. The fourth-order valence-corrected chi connectivity index (χ4v) is 3.10. The van der Waals surface area contributed by atoms with Gasteiger partial charge in [0.1, 0.15) is 5.82 Å². The highest BCUT2D eigenvalue weighted by molar-refractivity contribution is 5.73. The summed E-state index contributed by atoms with van der Waals surface area (Å²) < 4.78 is 14.6. The van der Waals surface area contributed by atoms with Crippen LogP contribution in [0.3, 0.4) is 0 Å². The van der Waals surface area contributed by atoms with Crippen molar-refractivity contribution in [3.8, 4) is 5.69 Å². The van der Waals surface area contributed by atoms with Gasteiger partial charge in [-0.25, -0.2) is 13.9 Å². The topological polar surface area (TPSA) is 62.2 Å². The van der Waals surface area contributed by atoms with Gasteiger partial charge in [-0.2, -0.15) is 5.10 Å². The number of benzene rings is 1. The van der Waals surface area contributed by atoms with Gasteiger partial charge in [0.2, 0.25) is 0 Å². The molecule has 25 heavy (non-hydrogen) atoms. The van der Waals surface area contributed by atoms with Gasteiger partial charge in [0.25, 0.3) is 0 Å². The Morgan fingerprint density at radius 1 is 1.28 bits per heavy atom. The molecule has 1 aliphatic heterocycles. The second-order valence-corrected chi connectivity index (χ2v) is 6.56. The number of nitrogens with zero attached hydrogens (tertiary/aromatic N) is 3. The van der Waals surface area contributed by atoms with Crippen LogP contribution in [0.4, 0.5) is 9.18 Å². The molecule has 6 nitrogen and oxygen atoms in total. The van der Waals surface area contributed by atoms with Crippen molar-refractivity contribution >= 4 is 6.03 Å². The molecule has 0 unspecified atom stereocenters. The van der Waals surface area contributed by atoms with E-state index < -0.39 is 0 Å². The van der Waals surface area contributed by atoms with Crippen LogP contribution in [0.15, 0.2) is 36.5 Å². The molecule has 3 rings (SSSR count). The van der Waals surface area contributed by atoms with Crippen molar-refractivity contribution < 1.29 is 9.18 Å². The lowest BCUT2D eigenvalue weighted by molar-refractivity contribution is 0.202. The fraction of sp³-hybridized carbons (Fsp3) is 0.444. The summed E-state index contributed by atoms with van der Waals surface area (Å²) in [4.78, 5) is 14.2. The monoisotopic (exact) mass is 345 g/mol. The third kappa shape index (κ3) is 5.03. The van der Waals surface area contributed by atoms with E-state index in [1.165, 1.54) is 18.6 Å².